The Kier molecular flexibility index (Phi) is 4.62. The molecule has 0 aromatic heterocycles. The lowest BCUT2D eigenvalue weighted by Crippen LogP contribution is -2.09. The van der Waals surface area contributed by atoms with Crippen LogP contribution in [0.3, 0.4) is 0 Å². The van der Waals surface area contributed by atoms with E-state index >= 15 is 0 Å². The highest BCUT2D eigenvalue weighted by molar-refractivity contribution is 5.72. The summed E-state index contributed by atoms with van der Waals surface area (Å²) < 4.78 is 42.3. The highest BCUT2D eigenvalue weighted by Gasteiger charge is 2.29. The Balaban J connectivity index is 1.88. The molecule has 2 aromatic carbocycles. The highest BCUT2D eigenvalue weighted by Crippen LogP contribution is 2.29. The maximum absolute atomic E-state index is 12.4. The third-order valence-electron chi connectivity index (χ3n) is 2.87. The van der Waals surface area contributed by atoms with E-state index in [1.54, 1.807) is 0 Å². The summed E-state index contributed by atoms with van der Waals surface area (Å²) in [4.78, 5) is 11.6. The second-order valence-electron chi connectivity index (χ2n) is 4.52. The summed E-state index contributed by atoms with van der Waals surface area (Å²) in [5, 5.41) is 0. The van der Waals surface area contributed by atoms with Crippen LogP contribution in [0.15, 0.2) is 54.6 Å². The van der Waals surface area contributed by atoms with E-state index in [1.807, 2.05) is 30.3 Å². The number of rotatable bonds is 4. The second kappa shape index (κ2) is 6.43. The summed E-state index contributed by atoms with van der Waals surface area (Å²) in [5.74, 6) is -0.474. The Morgan fingerprint density at radius 2 is 1.52 bits per heavy atom. The van der Waals surface area contributed by atoms with Gasteiger partial charge in [-0.3, -0.25) is 4.79 Å². The molecule has 0 aliphatic rings. The van der Waals surface area contributed by atoms with Crippen LogP contribution in [0.25, 0.3) is 0 Å². The van der Waals surface area contributed by atoms with E-state index in [9.17, 15) is 18.0 Å². The van der Waals surface area contributed by atoms with Crippen molar-refractivity contribution in [1.29, 1.82) is 0 Å². The van der Waals surface area contributed by atoms with Gasteiger partial charge in [-0.1, -0.05) is 42.5 Å². The predicted molar refractivity (Wildman–Crippen MR) is 71.4 cm³/mol. The van der Waals surface area contributed by atoms with Crippen molar-refractivity contribution < 1.29 is 22.7 Å². The summed E-state index contributed by atoms with van der Waals surface area (Å²) >= 11 is 0. The standard InChI is InChI=1S/C16H13F3O2/c17-16(18,19)14-8-6-12(7-9-14)10-15(20)21-11-13-4-2-1-3-5-13/h1-9H,10-11H2. The zero-order chi connectivity index (χ0) is 15.3. The molecule has 0 aliphatic heterocycles. The highest BCUT2D eigenvalue weighted by atomic mass is 19.4. The van der Waals surface area contributed by atoms with Gasteiger partial charge in [-0.05, 0) is 23.3 Å². The fourth-order valence-corrected chi connectivity index (χ4v) is 1.77. The molecule has 0 heterocycles. The van der Waals surface area contributed by atoms with Gasteiger partial charge in [0.05, 0.1) is 12.0 Å². The van der Waals surface area contributed by atoms with Gasteiger partial charge in [-0.15, -0.1) is 0 Å². The SMILES string of the molecule is O=C(Cc1ccc(C(F)(F)F)cc1)OCc1ccccc1. The van der Waals surface area contributed by atoms with Crippen molar-refractivity contribution in [1.82, 2.24) is 0 Å². The Bertz CT molecular complexity index is 589. The van der Waals surface area contributed by atoms with Gasteiger partial charge in [0.25, 0.3) is 0 Å². The van der Waals surface area contributed by atoms with Gasteiger partial charge in [0.15, 0.2) is 0 Å². The molecule has 0 atom stereocenters. The number of alkyl halides is 3. The van der Waals surface area contributed by atoms with Crippen molar-refractivity contribution in [3.8, 4) is 0 Å². The van der Waals surface area contributed by atoms with Crippen LogP contribution < -0.4 is 0 Å². The number of halogens is 3. The molecule has 0 aliphatic carbocycles. The van der Waals surface area contributed by atoms with Gasteiger partial charge in [0.2, 0.25) is 0 Å². The third-order valence-corrected chi connectivity index (χ3v) is 2.87. The van der Waals surface area contributed by atoms with Gasteiger partial charge in [0.1, 0.15) is 6.61 Å². The average Bonchev–Trinajstić information content (AvgIpc) is 2.46. The van der Waals surface area contributed by atoms with Crippen LogP contribution in [0.4, 0.5) is 13.2 Å². The van der Waals surface area contributed by atoms with Crippen LogP contribution in [-0.2, 0) is 28.7 Å². The van der Waals surface area contributed by atoms with Crippen molar-refractivity contribution in [3.05, 3.63) is 71.3 Å². The lowest BCUT2D eigenvalue weighted by molar-refractivity contribution is -0.144. The molecule has 0 saturated heterocycles. The molecule has 0 spiro atoms. The van der Waals surface area contributed by atoms with Crippen molar-refractivity contribution in [2.75, 3.05) is 0 Å². The lowest BCUT2D eigenvalue weighted by Gasteiger charge is -2.08. The predicted octanol–water partition coefficient (Wildman–Crippen LogP) is 3.99. The van der Waals surface area contributed by atoms with Crippen LogP contribution >= 0.6 is 0 Å². The number of hydrogen-bond acceptors (Lipinski definition) is 2. The molecule has 5 heteroatoms. The lowest BCUT2D eigenvalue weighted by atomic mass is 10.1. The van der Waals surface area contributed by atoms with Gasteiger partial charge in [0, 0.05) is 0 Å². The van der Waals surface area contributed by atoms with Crippen molar-refractivity contribution >= 4 is 5.97 Å². The molecular formula is C16H13F3O2. The molecule has 0 radical (unpaired) electrons. The first-order valence-electron chi connectivity index (χ1n) is 6.31. The monoisotopic (exact) mass is 294 g/mol. The summed E-state index contributed by atoms with van der Waals surface area (Å²) in [7, 11) is 0. The van der Waals surface area contributed by atoms with E-state index in [1.165, 1.54) is 12.1 Å². The first kappa shape index (κ1) is 15.1. The molecule has 2 rings (SSSR count). The minimum absolute atomic E-state index is 0.0506. The summed E-state index contributed by atoms with van der Waals surface area (Å²) in [5.41, 5.74) is 0.614. The van der Waals surface area contributed by atoms with Crippen LogP contribution in [0.1, 0.15) is 16.7 Å². The fraction of sp³-hybridized carbons (Fsp3) is 0.188. The molecule has 0 unspecified atom stereocenters. The number of esters is 1. The maximum atomic E-state index is 12.4. The molecule has 0 N–H and O–H groups in total. The average molecular weight is 294 g/mol. The van der Waals surface area contributed by atoms with Gasteiger partial charge in [-0.25, -0.2) is 0 Å². The topological polar surface area (TPSA) is 26.3 Å². The quantitative estimate of drug-likeness (QED) is 0.797. The first-order valence-corrected chi connectivity index (χ1v) is 6.31. The van der Waals surface area contributed by atoms with E-state index in [0.717, 1.165) is 17.7 Å². The zero-order valence-corrected chi connectivity index (χ0v) is 11.1. The normalized spacial score (nSPS) is 11.2. The molecule has 0 bridgehead atoms. The number of hydrogen-bond donors (Lipinski definition) is 0. The first-order chi connectivity index (χ1) is 9.95. The molecule has 0 amide bonds. The van der Waals surface area contributed by atoms with E-state index in [4.69, 9.17) is 4.74 Å². The van der Waals surface area contributed by atoms with Crippen LogP contribution in [0.2, 0.25) is 0 Å². The van der Waals surface area contributed by atoms with Crippen LogP contribution in [0.5, 0.6) is 0 Å². The Hall–Kier alpha value is -2.30. The van der Waals surface area contributed by atoms with E-state index in [-0.39, 0.29) is 13.0 Å². The van der Waals surface area contributed by atoms with E-state index < -0.39 is 17.7 Å². The Morgan fingerprint density at radius 1 is 0.905 bits per heavy atom. The maximum Gasteiger partial charge on any atom is 0.416 e. The smallest absolute Gasteiger partial charge is 0.416 e. The van der Waals surface area contributed by atoms with Gasteiger partial charge >= 0.3 is 12.1 Å². The Labute approximate surface area is 120 Å². The summed E-state index contributed by atoms with van der Waals surface area (Å²) in [6.07, 6.45) is -4.42. The second-order valence-corrected chi connectivity index (χ2v) is 4.52. The number of carbonyl (C=O) groups is 1. The molecule has 0 saturated carbocycles. The van der Waals surface area contributed by atoms with Crippen LogP contribution in [-0.4, -0.2) is 5.97 Å². The number of carbonyl (C=O) groups excluding carboxylic acids is 1. The van der Waals surface area contributed by atoms with E-state index in [0.29, 0.717) is 5.56 Å². The zero-order valence-electron chi connectivity index (χ0n) is 11.1. The molecule has 110 valence electrons. The molecule has 2 aromatic rings. The van der Waals surface area contributed by atoms with Crippen molar-refractivity contribution in [3.63, 3.8) is 0 Å². The van der Waals surface area contributed by atoms with Crippen LogP contribution in [0, 0.1) is 0 Å². The number of ether oxygens (including phenoxy) is 1. The van der Waals surface area contributed by atoms with Crippen molar-refractivity contribution in [2.45, 2.75) is 19.2 Å². The minimum atomic E-state index is -4.37. The fourth-order valence-electron chi connectivity index (χ4n) is 1.77. The minimum Gasteiger partial charge on any atom is -0.461 e. The van der Waals surface area contributed by atoms with Gasteiger partial charge < -0.3 is 4.74 Å². The molecule has 21 heavy (non-hydrogen) atoms. The summed E-state index contributed by atoms with van der Waals surface area (Å²) in [6, 6.07) is 13.7. The summed E-state index contributed by atoms with van der Waals surface area (Å²) in [6.45, 7) is 0.153. The molecular weight excluding hydrogens is 281 g/mol. The number of benzene rings is 2. The molecule has 2 nitrogen and oxygen atoms in total. The van der Waals surface area contributed by atoms with Gasteiger partial charge in [-0.2, -0.15) is 13.2 Å². The third kappa shape index (κ3) is 4.63. The largest absolute Gasteiger partial charge is 0.461 e. The van der Waals surface area contributed by atoms with Crippen molar-refractivity contribution in [2.24, 2.45) is 0 Å². The molecule has 0 fully saturated rings. The van der Waals surface area contributed by atoms with E-state index in [2.05, 4.69) is 0 Å². The Morgan fingerprint density at radius 3 is 2.10 bits per heavy atom.